The van der Waals surface area contributed by atoms with Gasteiger partial charge in [-0.2, -0.15) is 10.4 Å². The normalized spacial score (nSPS) is 10.3. The van der Waals surface area contributed by atoms with Gasteiger partial charge in [0.1, 0.15) is 0 Å². The standard InChI is InChI=1S/C8H10N4/c1-12-6-7(8(10)11-12)4-2-3-5-9/h2,4,6H,3H2,1H3,(H2,10,11). The van der Waals surface area contributed by atoms with Gasteiger partial charge >= 0.3 is 0 Å². The Morgan fingerprint density at radius 1 is 1.83 bits per heavy atom. The van der Waals surface area contributed by atoms with Crippen LogP contribution in [0.1, 0.15) is 12.0 Å². The molecule has 2 N–H and O–H groups in total. The Hall–Kier alpha value is -1.76. The highest BCUT2D eigenvalue weighted by Crippen LogP contribution is 2.09. The smallest absolute Gasteiger partial charge is 0.152 e. The average Bonchev–Trinajstić information content (AvgIpc) is 2.31. The molecule has 0 saturated heterocycles. The summed E-state index contributed by atoms with van der Waals surface area (Å²) in [5.74, 6) is 0.492. The third kappa shape index (κ3) is 1.86. The molecule has 62 valence electrons. The van der Waals surface area contributed by atoms with Crippen LogP contribution in [-0.4, -0.2) is 9.78 Å². The maximum Gasteiger partial charge on any atom is 0.152 e. The van der Waals surface area contributed by atoms with E-state index in [1.165, 1.54) is 0 Å². The fraction of sp³-hybridized carbons (Fsp3) is 0.250. The van der Waals surface area contributed by atoms with Crippen molar-refractivity contribution >= 4 is 11.9 Å². The van der Waals surface area contributed by atoms with Gasteiger partial charge in [0.2, 0.25) is 0 Å². The molecule has 0 aliphatic carbocycles. The van der Waals surface area contributed by atoms with Gasteiger partial charge < -0.3 is 5.73 Å². The quantitative estimate of drug-likeness (QED) is 0.703. The van der Waals surface area contributed by atoms with E-state index in [0.29, 0.717) is 12.2 Å². The number of aryl methyl sites for hydroxylation is 1. The predicted octanol–water partition coefficient (Wildman–Crippen LogP) is 0.929. The van der Waals surface area contributed by atoms with Crippen molar-refractivity contribution in [1.29, 1.82) is 5.26 Å². The van der Waals surface area contributed by atoms with Crippen LogP contribution in [0.15, 0.2) is 12.3 Å². The molecule has 4 nitrogen and oxygen atoms in total. The highest BCUT2D eigenvalue weighted by Gasteiger charge is 1.97. The first-order chi connectivity index (χ1) is 5.74. The first-order valence-corrected chi connectivity index (χ1v) is 3.56. The molecule has 0 aromatic carbocycles. The highest BCUT2D eigenvalue weighted by molar-refractivity contribution is 5.60. The minimum atomic E-state index is 0.397. The molecule has 0 aliphatic rings. The SMILES string of the molecule is Cn1cc(C=CCC#N)c(N)n1. The molecule has 4 heteroatoms. The topological polar surface area (TPSA) is 67.6 Å². The summed E-state index contributed by atoms with van der Waals surface area (Å²) in [7, 11) is 1.80. The van der Waals surface area contributed by atoms with E-state index < -0.39 is 0 Å². The monoisotopic (exact) mass is 162 g/mol. The molecule has 0 saturated carbocycles. The Labute approximate surface area is 70.9 Å². The van der Waals surface area contributed by atoms with Gasteiger partial charge in [0.15, 0.2) is 5.82 Å². The number of anilines is 1. The molecule has 0 unspecified atom stereocenters. The van der Waals surface area contributed by atoms with Gasteiger partial charge in [-0.05, 0) is 0 Å². The Balaban J connectivity index is 2.76. The van der Waals surface area contributed by atoms with Gasteiger partial charge in [0, 0.05) is 18.8 Å². The van der Waals surface area contributed by atoms with Crippen molar-refractivity contribution in [2.24, 2.45) is 7.05 Å². The second-order valence-corrected chi connectivity index (χ2v) is 2.41. The van der Waals surface area contributed by atoms with Crippen molar-refractivity contribution < 1.29 is 0 Å². The summed E-state index contributed by atoms with van der Waals surface area (Å²) in [5, 5.41) is 12.2. The zero-order valence-electron chi connectivity index (χ0n) is 6.86. The molecule has 0 aliphatic heterocycles. The molecule has 0 bridgehead atoms. The second kappa shape index (κ2) is 3.58. The molecule has 0 radical (unpaired) electrons. The lowest BCUT2D eigenvalue weighted by atomic mass is 10.3. The van der Waals surface area contributed by atoms with Gasteiger partial charge in [0.25, 0.3) is 0 Å². The summed E-state index contributed by atoms with van der Waals surface area (Å²) in [6.07, 6.45) is 5.76. The highest BCUT2D eigenvalue weighted by atomic mass is 15.3. The van der Waals surface area contributed by atoms with Crippen LogP contribution in [0.2, 0.25) is 0 Å². The third-order valence-corrected chi connectivity index (χ3v) is 1.39. The predicted molar refractivity (Wildman–Crippen MR) is 46.9 cm³/mol. The molecular formula is C8H10N4. The fourth-order valence-electron chi connectivity index (χ4n) is 0.891. The summed E-state index contributed by atoms with van der Waals surface area (Å²) in [6, 6.07) is 2.01. The van der Waals surface area contributed by atoms with Crippen molar-refractivity contribution in [2.75, 3.05) is 5.73 Å². The Kier molecular flexibility index (Phi) is 2.49. The largest absolute Gasteiger partial charge is 0.382 e. The number of hydrogen-bond donors (Lipinski definition) is 1. The summed E-state index contributed by atoms with van der Waals surface area (Å²) in [6.45, 7) is 0. The van der Waals surface area contributed by atoms with Crippen molar-refractivity contribution in [3.63, 3.8) is 0 Å². The van der Waals surface area contributed by atoms with E-state index in [2.05, 4.69) is 5.10 Å². The summed E-state index contributed by atoms with van der Waals surface area (Å²) >= 11 is 0. The number of rotatable bonds is 2. The number of nitrogen functional groups attached to an aromatic ring is 1. The van der Waals surface area contributed by atoms with Crippen molar-refractivity contribution in [3.8, 4) is 6.07 Å². The minimum absolute atomic E-state index is 0.397. The Bertz CT molecular complexity index is 329. The van der Waals surface area contributed by atoms with Gasteiger partial charge in [-0.1, -0.05) is 12.2 Å². The molecule has 0 fully saturated rings. The molecule has 1 aromatic rings. The Morgan fingerprint density at radius 3 is 3.08 bits per heavy atom. The van der Waals surface area contributed by atoms with E-state index in [9.17, 15) is 0 Å². The summed E-state index contributed by atoms with van der Waals surface area (Å²) < 4.78 is 1.64. The lowest BCUT2D eigenvalue weighted by molar-refractivity contribution is 0.772. The van der Waals surface area contributed by atoms with Crippen LogP contribution >= 0.6 is 0 Å². The van der Waals surface area contributed by atoms with Crippen LogP contribution in [0, 0.1) is 11.3 Å². The molecule has 1 aromatic heterocycles. The second-order valence-electron chi connectivity index (χ2n) is 2.41. The fourth-order valence-corrected chi connectivity index (χ4v) is 0.891. The van der Waals surface area contributed by atoms with Crippen LogP contribution in [-0.2, 0) is 7.05 Å². The molecule has 12 heavy (non-hydrogen) atoms. The van der Waals surface area contributed by atoms with Gasteiger partial charge in [-0.15, -0.1) is 0 Å². The van der Waals surface area contributed by atoms with Crippen LogP contribution < -0.4 is 5.73 Å². The molecule has 0 atom stereocenters. The van der Waals surface area contributed by atoms with Gasteiger partial charge in [0.05, 0.1) is 12.5 Å². The minimum Gasteiger partial charge on any atom is -0.382 e. The van der Waals surface area contributed by atoms with E-state index in [1.54, 1.807) is 23.9 Å². The number of nitrogens with zero attached hydrogens (tertiary/aromatic N) is 3. The first-order valence-electron chi connectivity index (χ1n) is 3.56. The van der Waals surface area contributed by atoms with E-state index in [4.69, 9.17) is 11.0 Å². The van der Waals surface area contributed by atoms with E-state index in [0.717, 1.165) is 5.56 Å². The number of nitriles is 1. The van der Waals surface area contributed by atoms with Crippen LogP contribution in [0.4, 0.5) is 5.82 Å². The van der Waals surface area contributed by atoms with Crippen LogP contribution in [0.3, 0.4) is 0 Å². The molecule has 1 rings (SSSR count). The van der Waals surface area contributed by atoms with Crippen LogP contribution in [0.5, 0.6) is 0 Å². The molecule has 1 heterocycles. The van der Waals surface area contributed by atoms with Crippen molar-refractivity contribution in [3.05, 3.63) is 17.8 Å². The zero-order chi connectivity index (χ0) is 8.97. The zero-order valence-corrected chi connectivity index (χ0v) is 6.86. The molecule has 0 amide bonds. The van der Waals surface area contributed by atoms with Gasteiger partial charge in [-0.3, -0.25) is 4.68 Å². The maximum absolute atomic E-state index is 8.27. The maximum atomic E-state index is 8.27. The lowest BCUT2D eigenvalue weighted by Gasteiger charge is -1.84. The van der Waals surface area contributed by atoms with Gasteiger partial charge in [-0.25, -0.2) is 0 Å². The van der Waals surface area contributed by atoms with Crippen molar-refractivity contribution in [1.82, 2.24) is 9.78 Å². The lowest BCUT2D eigenvalue weighted by Crippen LogP contribution is -1.90. The number of nitrogens with two attached hydrogens (primary N) is 1. The third-order valence-electron chi connectivity index (χ3n) is 1.39. The van der Waals surface area contributed by atoms with E-state index in [-0.39, 0.29) is 0 Å². The van der Waals surface area contributed by atoms with E-state index in [1.807, 2.05) is 12.3 Å². The number of allylic oxidation sites excluding steroid dienone is 1. The van der Waals surface area contributed by atoms with Crippen molar-refractivity contribution in [2.45, 2.75) is 6.42 Å². The molecular weight excluding hydrogens is 152 g/mol. The van der Waals surface area contributed by atoms with E-state index >= 15 is 0 Å². The molecule has 0 spiro atoms. The van der Waals surface area contributed by atoms with Crippen LogP contribution in [0.25, 0.3) is 6.08 Å². The summed E-state index contributed by atoms with van der Waals surface area (Å²) in [4.78, 5) is 0. The first kappa shape index (κ1) is 8.34. The summed E-state index contributed by atoms with van der Waals surface area (Å²) in [5.41, 5.74) is 6.41. The number of hydrogen-bond acceptors (Lipinski definition) is 3. The number of aromatic nitrogens is 2. The Morgan fingerprint density at radius 2 is 2.58 bits per heavy atom. The average molecular weight is 162 g/mol.